The van der Waals surface area contributed by atoms with Crippen LogP contribution in [0.3, 0.4) is 0 Å². The molecule has 0 aromatic carbocycles. The van der Waals surface area contributed by atoms with Crippen LogP contribution in [0.1, 0.15) is 0 Å². The summed E-state index contributed by atoms with van der Waals surface area (Å²) in [7, 11) is 4.04. The lowest BCUT2D eigenvalue weighted by atomic mass is 10.7. The third-order valence-corrected chi connectivity index (χ3v) is 3.36. The minimum atomic E-state index is -0.943. The lowest BCUT2D eigenvalue weighted by molar-refractivity contribution is -0.136. The molecular weight excluding hydrogens is 163 g/mol. The Hall–Kier alpha value is 0.720. The highest BCUT2D eigenvalue weighted by molar-refractivity contribution is 8.43. The highest BCUT2D eigenvalue weighted by atomic mass is 32.4. The van der Waals surface area contributed by atoms with Gasteiger partial charge >= 0.3 is 5.97 Å². The lowest BCUT2D eigenvalue weighted by Crippen LogP contribution is -2.25. The maximum Gasteiger partial charge on any atom is 0.325 e. The second kappa shape index (κ2) is 3.69. The molecule has 0 saturated carbocycles. The van der Waals surface area contributed by atoms with Gasteiger partial charge in [0.15, 0.2) is 0 Å². The molecule has 48 valence electrons. The third-order valence-electron chi connectivity index (χ3n) is 0.574. The predicted molar refractivity (Wildman–Crippen MR) is 42.0 cm³/mol. The molecule has 0 saturated heterocycles. The summed E-state index contributed by atoms with van der Waals surface area (Å²) in [5, 5.41) is 8.22. The molecule has 6 heteroatoms. The molecule has 0 heterocycles. The molecule has 0 bridgehead atoms. The average molecular weight is 171 g/mol. The topological polar surface area (TPSA) is 63.3 Å². The molecular formula is C2H8NO2P3. The van der Waals surface area contributed by atoms with Crippen LogP contribution >= 0.6 is 25.2 Å². The quantitative estimate of drug-likeness (QED) is 0.591. The first-order valence-corrected chi connectivity index (χ1v) is 6.47. The van der Waals surface area contributed by atoms with Gasteiger partial charge in [0.1, 0.15) is 5.78 Å². The van der Waals surface area contributed by atoms with Gasteiger partial charge in [-0.25, -0.2) is 0 Å². The molecule has 3 N–H and O–H groups in total. The largest absolute Gasteiger partial charge is 0.480 e. The molecule has 0 spiro atoms. The van der Waals surface area contributed by atoms with Crippen molar-refractivity contribution in [3.63, 3.8) is 0 Å². The average Bonchev–Trinajstić information content (AvgIpc) is 1.64. The van der Waals surface area contributed by atoms with Gasteiger partial charge in [-0.2, -0.15) is 0 Å². The monoisotopic (exact) mass is 171 g/mol. The van der Waals surface area contributed by atoms with Crippen molar-refractivity contribution in [3.05, 3.63) is 0 Å². The molecule has 0 aliphatic rings. The Kier molecular flexibility index (Phi) is 4.02. The van der Waals surface area contributed by atoms with Gasteiger partial charge in [0.05, 0.1) is 0 Å². The first-order valence-electron chi connectivity index (χ1n) is 1.82. The van der Waals surface area contributed by atoms with E-state index in [0.717, 1.165) is 0 Å². The normalized spacial score (nSPS) is 14.0. The number of hydrogen-bond donors (Lipinski definition) is 2. The molecule has 0 amide bonds. The van der Waals surface area contributed by atoms with E-state index in [2.05, 4.69) is 17.9 Å². The highest BCUT2D eigenvalue weighted by Gasteiger charge is 2.14. The summed E-state index contributed by atoms with van der Waals surface area (Å²) in [4.78, 5) is 10.0. The van der Waals surface area contributed by atoms with E-state index in [0.29, 0.717) is 0 Å². The van der Waals surface area contributed by atoms with Crippen LogP contribution in [0.2, 0.25) is 0 Å². The van der Waals surface area contributed by atoms with Crippen molar-refractivity contribution < 1.29 is 9.90 Å². The minimum Gasteiger partial charge on any atom is -0.480 e. The van der Waals surface area contributed by atoms with Crippen molar-refractivity contribution >= 4 is 31.1 Å². The number of nitrogens with two attached hydrogens (primary N) is 1. The summed E-state index contributed by atoms with van der Waals surface area (Å²) < 4.78 is 0. The van der Waals surface area contributed by atoms with Crippen LogP contribution in [-0.2, 0) is 4.79 Å². The zero-order valence-electron chi connectivity index (χ0n) is 4.11. The minimum absolute atomic E-state index is 0.690. The Balaban J connectivity index is 3.64. The summed E-state index contributed by atoms with van der Waals surface area (Å²) >= 11 is 0. The number of aliphatic carboxylic acids is 1. The maximum atomic E-state index is 10.0. The van der Waals surface area contributed by atoms with Gasteiger partial charge < -0.3 is 10.8 Å². The zero-order valence-corrected chi connectivity index (χ0v) is 7.32. The summed E-state index contributed by atoms with van der Waals surface area (Å²) in [6.45, 7) is 0. The summed E-state index contributed by atoms with van der Waals surface area (Å²) in [5.41, 5.74) is 5.15. The number of carboxylic acids is 1. The van der Waals surface area contributed by atoms with Crippen molar-refractivity contribution in [2.75, 3.05) is 0 Å². The van der Waals surface area contributed by atoms with Crippen molar-refractivity contribution in [1.82, 2.24) is 0 Å². The second-order valence-corrected chi connectivity index (χ2v) is 8.05. The Morgan fingerprint density at radius 1 is 1.75 bits per heavy atom. The Labute approximate surface area is 53.3 Å². The van der Waals surface area contributed by atoms with E-state index in [1.165, 1.54) is 0 Å². The summed E-state index contributed by atoms with van der Waals surface area (Å²) in [6.07, 6.45) is 0. The Bertz CT molecular complexity index is 95.3. The zero-order chi connectivity index (χ0) is 6.73. The summed E-state index contributed by atoms with van der Waals surface area (Å²) in [5.74, 6) is -1.67. The number of carboxylic acid groups (broad SMARTS) is 1. The van der Waals surface area contributed by atoms with Crippen LogP contribution in [-0.4, -0.2) is 16.9 Å². The van der Waals surface area contributed by atoms with Gasteiger partial charge in [-0.15, -0.1) is 17.9 Å². The first kappa shape index (κ1) is 8.72. The standard InChI is InChI=1S/C2H8NO2P3/c3-1(2(4)5)8(6)7/h1H,3,6-7H2,(H,4,5)/t1-/m0/s1. The molecule has 8 heavy (non-hydrogen) atoms. The molecule has 2 unspecified atom stereocenters. The van der Waals surface area contributed by atoms with E-state index in [1.54, 1.807) is 0 Å². The fourth-order valence-corrected chi connectivity index (χ4v) is 1.15. The van der Waals surface area contributed by atoms with Crippen LogP contribution in [0.15, 0.2) is 0 Å². The molecule has 0 radical (unpaired) electrons. The van der Waals surface area contributed by atoms with E-state index in [4.69, 9.17) is 10.8 Å². The Morgan fingerprint density at radius 3 is 2.12 bits per heavy atom. The second-order valence-electron chi connectivity index (χ2n) is 1.23. The molecule has 3 atom stereocenters. The predicted octanol–water partition coefficient (Wildman–Crippen LogP) is 0.418. The fourth-order valence-electron chi connectivity index (χ4n) is 0.128. The van der Waals surface area contributed by atoms with Gasteiger partial charge in [-0.05, 0) is 7.30 Å². The SMILES string of the molecule is N[C@H](C(=O)O)P(P)P. The third kappa shape index (κ3) is 2.89. The van der Waals surface area contributed by atoms with Crippen molar-refractivity contribution in [2.45, 2.75) is 5.78 Å². The van der Waals surface area contributed by atoms with Gasteiger partial charge in [-0.1, -0.05) is 0 Å². The van der Waals surface area contributed by atoms with Crippen LogP contribution in [0.25, 0.3) is 0 Å². The van der Waals surface area contributed by atoms with E-state index < -0.39 is 19.1 Å². The highest BCUT2D eigenvalue weighted by Crippen LogP contribution is 2.55. The lowest BCUT2D eigenvalue weighted by Gasteiger charge is -2.08. The van der Waals surface area contributed by atoms with Crippen LogP contribution < -0.4 is 5.73 Å². The number of hydrogen-bond acceptors (Lipinski definition) is 2. The smallest absolute Gasteiger partial charge is 0.325 e. The van der Waals surface area contributed by atoms with E-state index in [9.17, 15) is 4.79 Å². The number of rotatable bonds is 2. The van der Waals surface area contributed by atoms with E-state index >= 15 is 0 Å². The number of carbonyl (C=O) groups is 1. The van der Waals surface area contributed by atoms with Gasteiger partial charge in [0.25, 0.3) is 0 Å². The molecule has 0 aromatic rings. The molecule has 0 aromatic heterocycles. The Morgan fingerprint density at radius 2 is 2.12 bits per heavy atom. The molecule has 3 nitrogen and oxygen atoms in total. The van der Waals surface area contributed by atoms with E-state index in [-0.39, 0.29) is 0 Å². The molecule has 0 aliphatic heterocycles. The van der Waals surface area contributed by atoms with Gasteiger partial charge in [-0.3, -0.25) is 4.79 Å². The van der Waals surface area contributed by atoms with Crippen molar-refractivity contribution in [2.24, 2.45) is 5.73 Å². The van der Waals surface area contributed by atoms with Crippen LogP contribution in [0.5, 0.6) is 0 Å². The maximum absolute atomic E-state index is 10.0. The first-order chi connectivity index (χ1) is 3.55. The van der Waals surface area contributed by atoms with Crippen molar-refractivity contribution in [3.8, 4) is 0 Å². The fraction of sp³-hybridized carbons (Fsp3) is 0.500. The molecule has 0 rings (SSSR count). The molecule has 0 fully saturated rings. The van der Waals surface area contributed by atoms with E-state index in [1.807, 2.05) is 0 Å². The summed E-state index contributed by atoms with van der Waals surface area (Å²) in [6, 6.07) is 0. The van der Waals surface area contributed by atoms with Crippen LogP contribution in [0, 0.1) is 0 Å². The van der Waals surface area contributed by atoms with Crippen molar-refractivity contribution in [1.29, 1.82) is 0 Å². The molecule has 0 aliphatic carbocycles. The van der Waals surface area contributed by atoms with Gasteiger partial charge in [0.2, 0.25) is 0 Å². The van der Waals surface area contributed by atoms with Crippen LogP contribution in [0.4, 0.5) is 0 Å². The van der Waals surface area contributed by atoms with Gasteiger partial charge in [0, 0.05) is 0 Å².